The number of nitrogens with one attached hydrogen (secondary N) is 1. The fourth-order valence-electron chi connectivity index (χ4n) is 4.08. The van der Waals surface area contributed by atoms with Gasteiger partial charge in [0, 0.05) is 23.7 Å². The van der Waals surface area contributed by atoms with Crippen LogP contribution in [0.25, 0.3) is 11.4 Å². The molecule has 1 unspecified atom stereocenters. The zero-order valence-corrected chi connectivity index (χ0v) is 19.1. The van der Waals surface area contributed by atoms with E-state index in [4.69, 9.17) is 16.1 Å². The summed E-state index contributed by atoms with van der Waals surface area (Å²) in [6.45, 7) is 4.91. The number of rotatable bonds is 8. The normalized spacial score (nSPS) is 16.8. The highest BCUT2D eigenvalue weighted by molar-refractivity contribution is 6.31. The Labute approximate surface area is 194 Å². The van der Waals surface area contributed by atoms with E-state index in [-0.39, 0.29) is 11.8 Å². The Morgan fingerprint density at radius 3 is 2.84 bits per heavy atom. The van der Waals surface area contributed by atoms with Crippen LogP contribution in [0.5, 0.6) is 0 Å². The summed E-state index contributed by atoms with van der Waals surface area (Å²) in [5.41, 5.74) is 3.26. The molecular formula is C25H29ClN4O2. The minimum absolute atomic E-state index is 0.0106. The highest BCUT2D eigenvalue weighted by Crippen LogP contribution is 2.21. The lowest BCUT2D eigenvalue weighted by molar-refractivity contribution is -0.126. The monoisotopic (exact) mass is 452 g/mol. The molecule has 1 aliphatic rings. The van der Waals surface area contributed by atoms with Crippen LogP contribution in [0, 0.1) is 12.8 Å². The van der Waals surface area contributed by atoms with Crippen molar-refractivity contribution in [2.45, 2.75) is 39.2 Å². The van der Waals surface area contributed by atoms with Crippen LogP contribution in [0.4, 0.5) is 0 Å². The van der Waals surface area contributed by atoms with E-state index in [9.17, 15) is 4.79 Å². The average molecular weight is 453 g/mol. The molecule has 32 heavy (non-hydrogen) atoms. The summed E-state index contributed by atoms with van der Waals surface area (Å²) in [4.78, 5) is 19.4. The average Bonchev–Trinajstić information content (AvgIpc) is 3.26. The van der Waals surface area contributed by atoms with Gasteiger partial charge in [-0.3, -0.25) is 9.69 Å². The Hall–Kier alpha value is -2.70. The number of halogens is 1. The molecule has 2 aromatic carbocycles. The predicted octanol–water partition coefficient (Wildman–Crippen LogP) is 4.66. The highest BCUT2D eigenvalue weighted by atomic mass is 35.5. The lowest BCUT2D eigenvalue weighted by Gasteiger charge is -2.30. The molecule has 1 N–H and O–H groups in total. The van der Waals surface area contributed by atoms with Crippen LogP contribution in [0.2, 0.25) is 5.02 Å². The number of hydrogen-bond donors (Lipinski definition) is 1. The first-order chi connectivity index (χ1) is 15.6. The second kappa shape index (κ2) is 10.7. The molecule has 0 bridgehead atoms. The van der Waals surface area contributed by atoms with Crippen molar-refractivity contribution in [1.82, 2.24) is 20.4 Å². The molecule has 0 saturated carbocycles. The van der Waals surface area contributed by atoms with Crippen LogP contribution in [-0.2, 0) is 17.8 Å². The number of piperidine rings is 1. The molecule has 1 aliphatic heterocycles. The quantitative estimate of drug-likeness (QED) is 0.503. The third-order valence-electron chi connectivity index (χ3n) is 5.89. The van der Waals surface area contributed by atoms with Crippen LogP contribution in [0.3, 0.4) is 0 Å². The Kier molecular flexibility index (Phi) is 7.55. The maximum Gasteiger partial charge on any atom is 0.241 e. The molecule has 1 saturated heterocycles. The first kappa shape index (κ1) is 22.5. The molecule has 168 valence electrons. The Morgan fingerprint density at radius 1 is 1.22 bits per heavy atom. The molecule has 0 spiro atoms. The number of amides is 1. The van der Waals surface area contributed by atoms with Crippen molar-refractivity contribution < 1.29 is 9.32 Å². The number of carbonyl (C=O) groups excluding carboxylic acids is 1. The van der Waals surface area contributed by atoms with Gasteiger partial charge in [0.05, 0.1) is 12.5 Å². The number of hydrogen-bond acceptors (Lipinski definition) is 5. The van der Waals surface area contributed by atoms with Gasteiger partial charge in [-0.25, -0.2) is 0 Å². The lowest BCUT2D eigenvalue weighted by atomic mass is 9.97. The molecule has 1 amide bonds. The minimum atomic E-state index is -0.0106. The summed E-state index contributed by atoms with van der Waals surface area (Å²) >= 11 is 6.20. The number of nitrogens with zero attached hydrogens (tertiary/aromatic N) is 3. The maximum atomic E-state index is 12.7. The van der Waals surface area contributed by atoms with E-state index >= 15 is 0 Å². The van der Waals surface area contributed by atoms with Crippen molar-refractivity contribution >= 4 is 17.5 Å². The first-order valence-corrected chi connectivity index (χ1v) is 11.6. The van der Waals surface area contributed by atoms with E-state index < -0.39 is 0 Å². The first-order valence-electron chi connectivity index (χ1n) is 11.2. The minimum Gasteiger partial charge on any atom is -0.356 e. The largest absolute Gasteiger partial charge is 0.356 e. The second-order valence-electron chi connectivity index (χ2n) is 8.44. The lowest BCUT2D eigenvalue weighted by Crippen LogP contribution is -2.43. The van der Waals surface area contributed by atoms with Crippen molar-refractivity contribution in [3.05, 3.63) is 70.6 Å². The third kappa shape index (κ3) is 5.96. The summed E-state index contributed by atoms with van der Waals surface area (Å²) in [6.07, 6.45) is 3.62. The SMILES string of the molecule is Cc1ccc(-c2noc(CN3CCCC(C(=O)NCCCc4ccccc4Cl)C3)n2)cc1. The standard InChI is InChI=1S/C25H29ClN4O2/c1-18-10-12-20(13-11-18)24-28-23(32-29-24)17-30-15-5-8-21(16-30)25(31)27-14-4-7-19-6-2-3-9-22(19)26/h2-3,6,9-13,21H,4-5,7-8,14-17H2,1H3,(H,27,31). The van der Waals surface area contributed by atoms with Gasteiger partial charge in [0.25, 0.3) is 0 Å². The highest BCUT2D eigenvalue weighted by Gasteiger charge is 2.26. The molecular weight excluding hydrogens is 424 g/mol. The van der Waals surface area contributed by atoms with E-state index in [1.54, 1.807) is 0 Å². The molecule has 7 heteroatoms. The fourth-order valence-corrected chi connectivity index (χ4v) is 4.31. The molecule has 6 nitrogen and oxygen atoms in total. The smallest absolute Gasteiger partial charge is 0.241 e. The molecule has 1 aromatic heterocycles. The number of carbonyl (C=O) groups is 1. The van der Waals surface area contributed by atoms with Crippen molar-refractivity contribution in [3.8, 4) is 11.4 Å². The van der Waals surface area contributed by atoms with E-state index in [1.807, 2.05) is 55.5 Å². The summed E-state index contributed by atoms with van der Waals surface area (Å²) in [7, 11) is 0. The fraction of sp³-hybridized carbons (Fsp3) is 0.400. The van der Waals surface area contributed by atoms with E-state index in [2.05, 4.69) is 20.4 Å². The van der Waals surface area contributed by atoms with Gasteiger partial charge in [-0.15, -0.1) is 0 Å². The number of benzene rings is 2. The Morgan fingerprint density at radius 2 is 2.03 bits per heavy atom. The van der Waals surface area contributed by atoms with Crippen LogP contribution in [0.15, 0.2) is 53.1 Å². The second-order valence-corrected chi connectivity index (χ2v) is 8.85. The van der Waals surface area contributed by atoms with Crippen molar-refractivity contribution in [2.75, 3.05) is 19.6 Å². The number of aromatic nitrogens is 2. The molecule has 1 atom stereocenters. The van der Waals surface area contributed by atoms with Gasteiger partial charge in [0.1, 0.15) is 0 Å². The van der Waals surface area contributed by atoms with Crippen molar-refractivity contribution in [1.29, 1.82) is 0 Å². The van der Waals surface area contributed by atoms with Gasteiger partial charge < -0.3 is 9.84 Å². The van der Waals surface area contributed by atoms with Gasteiger partial charge in [-0.2, -0.15) is 4.98 Å². The molecule has 0 radical (unpaired) electrons. The van der Waals surface area contributed by atoms with Crippen molar-refractivity contribution in [2.24, 2.45) is 5.92 Å². The van der Waals surface area contributed by atoms with Crippen LogP contribution in [-0.4, -0.2) is 40.6 Å². The van der Waals surface area contributed by atoms with Gasteiger partial charge in [0.15, 0.2) is 0 Å². The van der Waals surface area contributed by atoms with Crippen molar-refractivity contribution in [3.63, 3.8) is 0 Å². The molecule has 3 aromatic rings. The zero-order chi connectivity index (χ0) is 22.3. The van der Waals surface area contributed by atoms with Crippen LogP contribution >= 0.6 is 11.6 Å². The van der Waals surface area contributed by atoms with Gasteiger partial charge in [-0.1, -0.05) is 64.8 Å². The van der Waals surface area contributed by atoms with E-state index in [0.29, 0.717) is 31.3 Å². The molecule has 0 aliphatic carbocycles. The van der Waals surface area contributed by atoms with E-state index in [0.717, 1.165) is 48.4 Å². The summed E-state index contributed by atoms with van der Waals surface area (Å²) in [5.74, 6) is 1.30. The molecule has 1 fully saturated rings. The zero-order valence-electron chi connectivity index (χ0n) is 18.4. The number of aryl methyl sites for hydroxylation is 2. The van der Waals surface area contributed by atoms with Gasteiger partial charge in [-0.05, 0) is 50.8 Å². The van der Waals surface area contributed by atoms with Crippen LogP contribution < -0.4 is 5.32 Å². The third-order valence-corrected chi connectivity index (χ3v) is 6.26. The predicted molar refractivity (Wildman–Crippen MR) is 125 cm³/mol. The van der Waals surface area contributed by atoms with Gasteiger partial charge in [0.2, 0.25) is 17.6 Å². The number of likely N-dealkylation sites (tertiary alicyclic amines) is 1. The Balaban J connectivity index is 1.24. The topological polar surface area (TPSA) is 71.3 Å². The summed E-state index contributed by atoms with van der Waals surface area (Å²) in [5, 5.41) is 8.00. The van der Waals surface area contributed by atoms with Gasteiger partial charge >= 0.3 is 0 Å². The summed E-state index contributed by atoms with van der Waals surface area (Å²) < 4.78 is 5.46. The Bertz CT molecular complexity index is 1030. The van der Waals surface area contributed by atoms with E-state index in [1.165, 1.54) is 5.56 Å². The molecule has 4 rings (SSSR count). The summed E-state index contributed by atoms with van der Waals surface area (Å²) in [6, 6.07) is 15.9. The molecule has 2 heterocycles. The van der Waals surface area contributed by atoms with Crippen LogP contribution in [0.1, 0.15) is 36.3 Å². The maximum absolute atomic E-state index is 12.7.